The highest BCUT2D eigenvalue weighted by molar-refractivity contribution is 5.97. The third kappa shape index (κ3) is 5.63. The first kappa shape index (κ1) is 17.4. The van der Waals surface area contributed by atoms with Gasteiger partial charge >= 0.3 is 0 Å². The van der Waals surface area contributed by atoms with Gasteiger partial charge in [0.05, 0.1) is 19.8 Å². The normalized spacial score (nSPS) is 16.6. The van der Waals surface area contributed by atoms with Crippen LogP contribution in [0.4, 0.5) is 0 Å². The van der Waals surface area contributed by atoms with Crippen molar-refractivity contribution in [2.75, 3.05) is 46.0 Å². The fraction of sp³-hybridized carbons (Fsp3) is 0.500. The number of hydrogen-bond acceptors (Lipinski definition) is 5. The van der Waals surface area contributed by atoms with Crippen molar-refractivity contribution in [1.29, 1.82) is 0 Å². The van der Waals surface area contributed by atoms with Crippen molar-refractivity contribution in [3.8, 4) is 0 Å². The monoisotopic (exact) mass is 321 g/mol. The number of benzene rings is 1. The number of carbonyl (C=O) groups excluding carboxylic acids is 2. The van der Waals surface area contributed by atoms with Crippen LogP contribution in [-0.2, 0) is 9.53 Å². The van der Waals surface area contributed by atoms with E-state index in [0.29, 0.717) is 25.3 Å². The quantitative estimate of drug-likeness (QED) is 0.613. The van der Waals surface area contributed by atoms with Gasteiger partial charge in [0, 0.05) is 31.7 Å². The average Bonchev–Trinajstić information content (AvgIpc) is 2.61. The zero-order chi connectivity index (χ0) is 16.5. The second kappa shape index (κ2) is 9.24. The van der Waals surface area contributed by atoms with Crippen LogP contribution < -0.4 is 10.6 Å². The molecule has 2 rings (SSSR count). The molecule has 7 nitrogen and oxygen atoms in total. The maximum atomic E-state index is 12.1. The molecule has 0 bridgehead atoms. The number of aliphatic hydroxyl groups excluding tert-OH is 1. The first-order valence-electron chi connectivity index (χ1n) is 7.75. The largest absolute Gasteiger partial charge is 0.394 e. The Balaban J connectivity index is 1.75. The van der Waals surface area contributed by atoms with E-state index in [0.717, 1.165) is 19.6 Å². The number of rotatable bonds is 7. The van der Waals surface area contributed by atoms with Crippen molar-refractivity contribution in [2.24, 2.45) is 0 Å². The molecule has 1 fully saturated rings. The number of nitrogens with zero attached hydrogens (tertiary/aromatic N) is 1. The fourth-order valence-electron chi connectivity index (χ4n) is 2.31. The summed E-state index contributed by atoms with van der Waals surface area (Å²) in [4.78, 5) is 26.3. The summed E-state index contributed by atoms with van der Waals surface area (Å²) in [5, 5.41) is 14.6. The van der Waals surface area contributed by atoms with Gasteiger partial charge in [-0.3, -0.25) is 14.5 Å². The molecule has 3 N–H and O–H groups in total. The van der Waals surface area contributed by atoms with Gasteiger partial charge in [0.2, 0.25) is 5.91 Å². The molecule has 2 amide bonds. The number of amides is 2. The molecule has 0 spiro atoms. The van der Waals surface area contributed by atoms with Crippen molar-refractivity contribution in [3.05, 3.63) is 35.9 Å². The van der Waals surface area contributed by atoms with Gasteiger partial charge in [0.25, 0.3) is 5.91 Å². The molecule has 126 valence electrons. The number of nitrogens with one attached hydrogen (secondary N) is 2. The molecule has 0 aromatic heterocycles. The molecular weight excluding hydrogens is 298 g/mol. The molecule has 23 heavy (non-hydrogen) atoms. The van der Waals surface area contributed by atoms with E-state index < -0.39 is 12.6 Å². The number of carbonyl (C=O) groups is 2. The maximum Gasteiger partial charge on any atom is 0.251 e. The molecule has 1 aromatic rings. The van der Waals surface area contributed by atoms with Crippen LogP contribution in [0.25, 0.3) is 0 Å². The van der Waals surface area contributed by atoms with Crippen molar-refractivity contribution >= 4 is 11.8 Å². The van der Waals surface area contributed by atoms with Crippen LogP contribution in [-0.4, -0.2) is 73.9 Å². The van der Waals surface area contributed by atoms with E-state index in [1.54, 1.807) is 30.3 Å². The lowest BCUT2D eigenvalue weighted by molar-refractivity contribution is -0.123. The zero-order valence-corrected chi connectivity index (χ0v) is 13.0. The van der Waals surface area contributed by atoms with E-state index in [2.05, 4.69) is 15.5 Å². The van der Waals surface area contributed by atoms with Crippen LogP contribution in [0, 0.1) is 0 Å². The Morgan fingerprint density at radius 3 is 2.57 bits per heavy atom. The van der Waals surface area contributed by atoms with Gasteiger partial charge in [-0.15, -0.1) is 0 Å². The van der Waals surface area contributed by atoms with Crippen molar-refractivity contribution < 1.29 is 19.4 Å². The van der Waals surface area contributed by atoms with Crippen molar-refractivity contribution in [3.63, 3.8) is 0 Å². The Hall–Kier alpha value is -1.96. The smallest absolute Gasteiger partial charge is 0.251 e. The molecule has 0 radical (unpaired) electrons. The topological polar surface area (TPSA) is 90.9 Å². The van der Waals surface area contributed by atoms with Crippen LogP contribution in [0.2, 0.25) is 0 Å². The number of aliphatic hydroxyl groups is 1. The molecule has 1 heterocycles. The summed E-state index contributed by atoms with van der Waals surface area (Å²) in [6.07, 6.45) is 0. The van der Waals surface area contributed by atoms with Crippen molar-refractivity contribution in [2.45, 2.75) is 6.04 Å². The maximum absolute atomic E-state index is 12.1. The molecule has 1 saturated heterocycles. The predicted molar refractivity (Wildman–Crippen MR) is 85.1 cm³/mol. The fourth-order valence-corrected chi connectivity index (χ4v) is 2.31. The Kier molecular flexibility index (Phi) is 6.99. The van der Waals surface area contributed by atoms with Crippen LogP contribution in [0.15, 0.2) is 30.3 Å². The molecule has 0 saturated carbocycles. The standard InChI is InChI=1S/C16H23N3O4/c20-12-14(18-15(21)13-4-2-1-3-5-13)16(22)17-6-7-19-8-10-23-11-9-19/h1-5,14,20H,6-12H2,(H,17,22)(H,18,21)/t14-/m0/s1. The zero-order valence-electron chi connectivity index (χ0n) is 13.0. The van der Waals surface area contributed by atoms with Gasteiger partial charge in [-0.2, -0.15) is 0 Å². The minimum atomic E-state index is -0.951. The predicted octanol–water partition coefficient (Wildman–Crippen LogP) is -0.774. The highest BCUT2D eigenvalue weighted by atomic mass is 16.5. The van der Waals surface area contributed by atoms with Crippen LogP contribution >= 0.6 is 0 Å². The van der Waals surface area contributed by atoms with Crippen LogP contribution in [0.5, 0.6) is 0 Å². The van der Waals surface area contributed by atoms with E-state index >= 15 is 0 Å². The minimum Gasteiger partial charge on any atom is -0.394 e. The summed E-state index contributed by atoms with van der Waals surface area (Å²) >= 11 is 0. The van der Waals surface area contributed by atoms with E-state index in [-0.39, 0.29) is 11.8 Å². The lowest BCUT2D eigenvalue weighted by Gasteiger charge is -2.26. The van der Waals surface area contributed by atoms with Crippen molar-refractivity contribution in [1.82, 2.24) is 15.5 Å². The summed E-state index contributed by atoms with van der Waals surface area (Å²) in [5.41, 5.74) is 0.451. The summed E-state index contributed by atoms with van der Waals surface area (Å²) in [6, 6.07) is 7.64. The highest BCUT2D eigenvalue weighted by Gasteiger charge is 2.20. The summed E-state index contributed by atoms with van der Waals surface area (Å²) in [6.45, 7) is 3.87. The van der Waals surface area contributed by atoms with E-state index in [1.165, 1.54) is 0 Å². The van der Waals surface area contributed by atoms with E-state index in [9.17, 15) is 14.7 Å². The minimum absolute atomic E-state index is 0.382. The molecule has 0 unspecified atom stereocenters. The van der Waals surface area contributed by atoms with Gasteiger partial charge in [-0.05, 0) is 12.1 Å². The Bertz CT molecular complexity index is 503. The van der Waals surface area contributed by atoms with Gasteiger partial charge < -0.3 is 20.5 Å². The van der Waals surface area contributed by atoms with Crippen LogP contribution in [0.3, 0.4) is 0 Å². The summed E-state index contributed by atoms with van der Waals surface area (Å²) in [7, 11) is 0. The average molecular weight is 321 g/mol. The van der Waals surface area contributed by atoms with Gasteiger partial charge in [0.1, 0.15) is 6.04 Å². The third-order valence-electron chi connectivity index (χ3n) is 3.67. The Morgan fingerprint density at radius 1 is 1.22 bits per heavy atom. The molecular formula is C16H23N3O4. The third-order valence-corrected chi connectivity index (χ3v) is 3.67. The first-order chi connectivity index (χ1) is 11.2. The van der Waals surface area contributed by atoms with Gasteiger partial charge in [-0.1, -0.05) is 18.2 Å². The number of morpholine rings is 1. The first-order valence-corrected chi connectivity index (χ1v) is 7.75. The number of ether oxygens (including phenoxy) is 1. The van der Waals surface area contributed by atoms with Gasteiger partial charge in [0.15, 0.2) is 0 Å². The molecule has 0 aliphatic carbocycles. The lowest BCUT2D eigenvalue weighted by atomic mass is 10.2. The number of hydrogen-bond donors (Lipinski definition) is 3. The lowest BCUT2D eigenvalue weighted by Crippen LogP contribution is -2.50. The highest BCUT2D eigenvalue weighted by Crippen LogP contribution is 1.99. The summed E-state index contributed by atoms with van der Waals surface area (Å²) in [5.74, 6) is -0.766. The second-order valence-corrected chi connectivity index (χ2v) is 5.32. The van der Waals surface area contributed by atoms with E-state index in [1.807, 2.05) is 0 Å². The molecule has 1 aliphatic rings. The molecule has 1 aliphatic heterocycles. The second-order valence-electron chi connectivity index (χ2n) is 5.32. The summed E-state index contributed by atoms with van der Waals surface area (Å²) < 4.78 is 5.26. The molecule has 1 atom stereocenters. The molecule has 1 aromatic carbocycles. The van der Waals surface area contributed by atoms with Gasteiger partial charge in [-0.25, -0.2) is 0 Å². The molecule has 7 heteroatoms. The Labute approximate surface area is 135 Å². The SMILES string of the molecule is O=C(N[C@@H](CO)C(=O)NCCN1CCOCC1)c1ccccc1. The van der Waals surface area contributed by atoms with Crippen LogP contribution in [0.1, 0.15) is 10.4 Å². The van der Waals surface area contributed by atoms with E-state index in [4.69, 9.17) is 4.74 Å². The Morgan fingerprint density at radius 2 is 1.91 bits per heavy atom.